The Bertz CT molecular complexity index is 580. The molecule has 0 saturated heterocycles. The molecule has 0 aliphatic heterocycles. The van der Waals surface area contributed by atoms with Gasteiger partial charge in [0.2, 0.25) is 0 Å². The molecule has 0 spiro atoms. The Hall–Kier alpha value is -2.17. The molecule has 0 bridgehead atoms. The maximum atomic E-state index is 11.8. The number of esters is 1. The summed E-state index contributed by atoms with van der Waals surface area (Å²) in [6.07, 6.45) is -0.901. The smallest absolute Gasteiger partial charge is 0.310 e. The fourth-order valence-corrected chi connectivity index (χ4v) is 2.02. The van der Waals surface area contributed by atoms with Crippen molar-refractivity contribution in [3.8, 4) is 11.1 Å². The van der Waals surface area contributed by atoms with Crippen LogP contribution in [0.5, 0.6) is 0 Å². The predicted octanol–water partition coefficient (Wildman–Crippen LogP) is 1.79. The second kappa shape index (κ2) is 7.57. The molecule has 0 aromatic heterocycles. The number of carbonyl (C=O) groups excluding carboxylic acids is 1. The Balaban J connectivity index is 2.09. The summed E-state index contributed by atoms with van der Waals surface area (Å²) in [7, 11) is 0. The second-order valence-corrected chi connectivity index (χ2v) is 4.72. The minimum atomic E-state index is -1.03. The van der Waals surface area contributed by atoms with Gasteiger partial charge >= 0.3 is 5.97 Å². The van der Waals surface area contributed by atoms with Crippen LogP contribution in [0.25, 0.3) is 11.1 Å². The summed E-state index contributed by atoms with van der Waals surface area (Å²) in [6, 6.07) is 17.4. The van der Waals surface area contributed by atoms with Crippen LogP contribution in [-0.4, -0.2) is 35.5 Å². The summed E-state index contributed by atoms with van der Waals surface area (Å²) < 4.78 is 4.94. The van der Waals surface area contributed by atoms with Gasteiger partial charge in [-0.15, -0.1) is 0 Å². The maximum absolute atomic E-state index is 11.8. The van der Waals surface area contributed by atoms with Crippen molar-refractivity contribution in [1.29, 1.82) is 0 Å². The molecule has 2 N–H and O–H groups in total. The van der Waals surface area contributed by atoms with E-state index in [2.05, 4.69) is 0 Å². The molecule has 21 heavy (non-hydrogen) atoms. The highest BCUT2D eigenvalue weighted by Crippen LogP contribution is 2.23. The highest BCUT2D eigenvalue weighted by molar-refractivity contribution is 5.77. The first kappa shape index (κ1) is 15.2. The molecule has 0 heterocycles. The minimum absolute atomic E-state index is 0.128. The van der Waals surface area contributed by atoms with Gasteiger partial charge in [-0.25, -0.2) is 0 Å². The van der Waals surface area contributed by atoms with Gasteiger partial charge in [0.25, 0.3) is 0 Å². The summed E-state index contributed by atoms with van der Waals surface area (Å²) in [6.45, 7) is -0.614. The molecule has 2 aromatic carbocycles. The maximum Gasteiger partial charge on any atom is 0.310 e. The van der Waals surface area contributed by atoms with E-state index in [1.807, 2.05) is 54.6 Å². The predicted molar refractivity (Wildman–Crippen MR) is 79.6 cm³/mol. The highest BCUT2D eigenvalue weighted by atomic mass is 16.5. The first-order valence-electron chi connectivity index (χ1n) is 6.78. The quantitative estimate of drug-likeness (QED) is 0.795. The van der Waals surface area contributed by atoms with Crippen molar-refractivity contribution in [1.82, 2.24) is 0 Å². The summed E-state index contributed by atoms with van der Waals surface area (Å²) in [4.78, 5) is 11.8. The molecule has 0 radical (unpaired) electrons. The number of hydrogen-bond donors (Lipinski definition) is 2. The van der Waals surface area contributed by atoms with Crippen LogP contribution in [0.4, 0.5) is 0 Å². The Morgan fingerprint density at radius 1 is 1.05 bits per heavy atom. The molecule has 0 fully saturated rings. The van der Waals surface area contributed by atoms with Crippen molar-refractivity contribution in [3.05, 3.63) is 60.2 Å². The Labute approximate surface area is 123 Å². The van der Waals surface area contributed by atoms with Crippen LogP contribution < -0.4 is 0 Å². The third-order valence-corrected chi connectivity index (χ3v) is 3.08. The summed E-state index contributed by atoms with van der Waals surface area (Å²) in [5.41, 5.74) is 2.89. The molecule has 2 rings (SSSR count). The van der Waals surface area contributed by atoms with E-state index in [0.29, 0.717) is 0 Å². The molecule has 0 amide bonds. The molecule has 0 aliphatic rings. The van der Waals surface area contributed by atoms with E-state index in [4.69, 9.17) is 9.84 Å². The highest BCUT2D eigenvalue weighted by Gasteiger charge is 2.12. The van der Waals surface area contributed by atoms with Gasteiger partial charge in [-0.3, -0.25) is 4.79 Å². The van der Waals surface area contributed by atoms with Crippen LogP contribution >= 0.6 is 0 Å². The molecule has 1 unspecified atom stereocenters. The van der Waals surface area contributed by atoms with E-state index in [1.165, 1.54) is 0 Å². The van der Waals surface area contributed by atoms with Gasteiger partial charge in [0.1, 0.15) is 12.7 Å². The van der Waals surface area contributed by atoms with E-state index in [9.17, 15) is 9.90 Å². The second-order valence-electron chi connectivity index (χ2n) is 4.72. The largest absolute Gasteiger partial charge is 0.463 e. The fourth-order valence-electron chi connectivity index (χ4n) is 2.02. The standard InChI is InChI=1S/C17H18O4/c18-11-15(19)12-21-17(20)10-14-8-4-5-9-16(14)13-6-2-1-3-7-13/h1-9,15,18-19H,10-12H2. The zero-order chi connectivity index (χ0) is 15.1. The number of rotatable bonds is 6. The first-order valence-corrected chi connectivity index (χ1v) is 6.78. The normalized spacial score (nSPS) is 11.9. The molecular weight excluding hydrogens is 268 g/mol. The SMILES string of the molecule is O=C(Cc1ccccc1-c1ccccc1)OCC(O)CO. The van der Waals surface area contributed by atoms with E-state index in [0.717, 1.165) is 16.7 Å². The molecule has 0 aliphatic carbocycles. The van der Waals surface area contributed by atoms with Crippen molar-refractivity contribution in [2.75, 3.05) is 13.2 Å². The van der Waals surface area contributed by atoms with Gasteiger partial charge in [-0.05, 0) is 16.7 Å². The molecule has 4 heteroatoms. The molecule has 4 nitrogen and oxygen atoms in total. The number of hydrogen-bond acceptors (Lipinski definition) is 4. The topological polar surface area (TPSA) is 66.8 Å². The molecule has 110 valence electrons. The van der Waals surface area contributed by atoms with Crippen molar-refractivity contribution >= 4 is 5.97 Å². The number of aliphatic hydroxyl groups excluding tert-OH is 2. The Morgan fingerprint density at radius 2 is 1.71 bits per heavy atom. The lowest BCUT2D eigenvalue weighted by Crippen LogP contribution is -2.22. The Kier molecular flexibility index (Phi) is 5.49. The number of ether oxygens (including phenoxy) is 1. The van der Waals surface area contributed by atoms with Crippen LogP contribution in [0.3, 0.4) is 0 Å². The number of benzene rings is 2. The van der Waals surface area contributed by atoms with Gasteiger partial charge in [-0.2, -0.15) is 0 Å². The zero-order valence-electron chi connectivity index (χ0n) is 11.6. The molecule has 0 saturated carbocycles. The van der Waals surface area contributed by atoms with Gasteiger partial charge in [0.15, 0.2) is 0 Å². The lowest BCUT2D eigenvalue weighted by Gasteiger charge is -2.11. The average Bonchev–Trinajstić information content (AvgIpc) is 2.54. The van der Waals surface area contributed by atoms with Crippen molar-refractivity contribution < 1.29 is 19.7 Å². The summed E-state index contributed by atoms with van der Waals surface area (Å²) in [5.74, 6) is -0.425. The number of aliphatic hydroxyl groups is 2. The van der Waals surface area contributed by atoms with Crippen LogP contribution in [0.2, 0.25) is 0 Å². The van der Waals surface area contributed by atoms with Gasteiger partial charge < -0.3 is 14.9 Å². The van der Waals surface area contributed by atoms with E-state index < -0.39 is 18.7 Å². The third-order valence-electron chi connectivity index (χ3n) is 3.08. The van der Waals surface area contributed by atoms with Gasteiger partial charge in [0.05, 0.1) is 13.0 Å². The molecular formula is C17H18O4. The lowest BCUT2D eigenvalue weighted by molar-refractivity contribution is -0.146. The third kappa shape index (κ3) is 4.41. The van der Waals surface area contributed by atoms with E-state index in [-0.39, 0.29) is 13.0 Å². The van der Waals surface area contributed by atoms with Crippen molar-refractivity contribution in [3.63, 3.8) is 0 Å². The average molecular weight is 286 g/mol. The van der Waals surface area contributed by atoms with Crippen LogP contribution in [-0.2, 0) is 16.0 Å². The van der Waals surface area contributed by atoms with Crippen LogP contribution in [0, 0.1) is 0 Å². The van der Waals surface area contributed by atoms with E-state index >= 15 is 0 Å². The zero-order valence-corrected chi connectivity index (χ0v) is 11.6. The van der Waals surface area contributed by atoms with E-state index in [1.54, 1.807) is 0 Å². The summed E-state index contributed by atoms with van der Waals surface area (Å²) >= 11 is 0. The molecule has 2 aromatic rings. The molecule has 1 atom stereocenters. The van der Waals surface area contributed by atoms with Crippen LogP contribution in [0.15, 0.2) is 54.6 Å². The lowest BCUT2D eigenvalue weighted by atomic mass is 9.98. The number of carbonyl (C=O) groups is 1. The minimum Gasteiger partial charge on any atom is -0.463 e. The monoisotopic (exact) mass is 286 g/mol. The summed E-state index contributed by atoms with van der Waals surface area (Å²) in [5, 5.41) is 17.9. The van der Waals surface area contributed by atoms with Crippen molar-refractivity contribution in [2.24, 2.45) is 0 Å². The fraction of sp³-hybridized carbons (Fsp3) is 0.235. The van der Waals surface area contributed by atoms with Gasteiger partial charge in [-0.1, -0.05) is 54.6 Å². The van der Waals surface area contributed by atoms with Gasteiger partial charge in [0, 0.05) is 0 Å². The first-order chi connectivity index (χ1) is 10.2. The van der Waals surface area contributed by atoms with Crippen LogP contribution in [0.1, 0.15) is 5.56 Å². The Morgan fingerprint density at radius 3 is 2.43 bits per heavy atom. The van der Waals surface area contributed by atoms with Crippen molar-refractivity contribution in [2.45, 2.75) is 12.5 Å².